The molecule has 146 valence electrons. The smallest absolute Gasteiger partial charge is 0.267 e. The molecular weight excluding hydrogens is 382 g/mol. The molecule has 4 aromatic rings. The van der Waals surface area contributed by atoms with Crippen LogP contribution in [-0.2, 0) is 13.0 Å². The Labute approximate surface area is 173 Å². The van der Waals surface area contributed by atoms with E-state index in [-0.39, 0.29) is 5.69 Å². The van der Waals surface area contributed by atoms with Crippen molar-refractivity contribution in [2.24, 2.45) is 5.73 Å². The number of amides is 1. The molecule has 0 unspecified atom stereocenters. The van der Waals surface area contributed by atoms with Crippen LogP contribution in [0.25, 0.3) is 10.1 Å². The van der Waals surface area contributed by atoms with Gasteiger partial charge in [-0.3, -0.25) is 4.79 Å². The number of aromatic nitrogens is 1. The number of fused-ring (bicyclic) bond motifs is 1. The van der Waals surface area contributed by atoms with E-state index in [0.29, 0.717) is 11.5 Å². The fourth-order valence-electron chi connectivity index (χ4n) is 3.08. The Hall–Kier alpha value is -3.22. The van der Waals surface area contributed by atoms with Gasteiger partial charge >= 0.3 is 0 Å². The molecule has 0 saturated carbocycles. The minimum atomic E-state index is -0.555. The summed E-state index contributed by atoms with van der Waals surface area (Å²) in [5, 5.41) is 7.11. The molecule has 3 N–H and O–H groups in total. The Morgan fingerprint density at radius 3 is 2.59 bits per heavy atom. The van der Waals surface area contributed by atoms with Crippen LogP contribution in [0.15, 0.2) is 72.2 Å². The van der Waals surface area contributed by atoms with Gasteiger partial charge in [0, 0.05) is 11.2 Å². The lowest BCUT2D eigenvalue weighted by Gasteiger charge is -2.08. The number of pyridine rings is 1. The van der Waals surface area contributed by atoms with Crippen molar-refractivity contribution in [2.75, 3.05) is 6.54 Å². The van der Waals surface area contributed by atoms with E-state index in [4.69, 9.17) is 10.5 Å². The van der Waals surface area contributed by atoms with Gasteiger partial charge in [-0.1, -0.05) is 30.3 Å². The van der Waals surface area contributed by atoms with E-state index in [1.807, 2.05) is 24.3 Å². The molecule has 0 aliphatic carbocycles. The summed E-state index contributed by atoms with van der Waals surface area (Å²) < 4.78 is 7.09. The SMILES string of the molecule is NC(=O)c1ccc(Oc2ccc(CNCCc3csc4ccccc34)cc2)cn1. The number of carbonyl (C=O) groups is 1. The molecule has 0 radical (unpaired) electrons. The zero-order chi connectivity index (χ0) is 20.1. The fraction of sp³-hybridized carbons (Fsp3) is 0.130. The first-order valence-corrected chi connectivity index (χ1v) is 10.3. The van der Waals surface area contributed by atoms with Gasteiger partial charge < -0.3 is 15.8 Å². The normalized spacial score (nSPS) is 10.9. The number of thiophene rings is 1. The molecule has 0 spiro atoms. The van der Waals surface area contributed by atoms with E-state index < -0.39 is 5.91 Å². The largest absolute Gasteiger partial charge is 0.456 e. The number of rotatable bonds is 8. The van der Waals surface area contributed by atoms with Crippen molar-refractivity contribution in [3.05, 3.63) is 89.1 Å². The number of nitrogens with one attached hydrogen (secondary N) is 1. The van der Waals surface area contributed by atoms with E-state index in [2.05, 4.69) is 39.9 Å². The van der Waals surface area contributed by atoms with Gasteiger partial charge in [-0.15, -0.1) is 11.3 Å². The van der Waals surface area contributed by atoms with Gasteiger partial charge in [0.15, 0.2) is 0 Å². The van der Waals surface area contributed by atoms with Crippen LogP contribution in [0.1, 0.15) is 21.6 Å². The molecule has 0 fully saturated rings. The van der Waals surface area contributed by atoms with Crippen LogP contribution in [0.3, 0.4) is 0 Å². The maximum atomic E-state index is 11.1. The lowest BCUT2D eigenvalue weighted by molar-refractivity contribution is 0.0995. The zero-order valence-electron chi connectivity index (χ0n) is 15.8. The maximum Gasteiger partial charge on any atom is 0.267 e. The van der Waals surface area contributed by atoms with Gasteiger partial charge in [0.2, 0.25) is 0 Å². The predicted octanol–water partition coefficient (Wildman–Crippen LogP) is 4.52. The minimum Gasteiger partial charge on any atom is -0.456 e. The monoisotopic (exact) mass is 403 g/mol. The molecule has 0 saturated heterocycles. The summed E-state index contributed by atoms with van der Waals surface area (Å²) in [7, 11) is 0. The van der Waals surface area contributed by atoms with Gasteiger partial charge in [0.25, 0.3) is 5.91 Å². The molecule has 2 heterocycles. The van der Waals surface area contributed by atoms with Crippen LogP contribution < -0.4 is 15.8 Å². The average Bonchev–Trinajstić information content (AvgIpc) is 3.16. The van der Waals surface area contributed by atoms with Gasteiger partial charge in [-0.25, -0.2) is 4.98 Å². The quantitative estimate of drug-likeness (QED) is 0.424. The fourth-order valence-corrected chi connectivity index (χ4v) is 4.08. The third kappa shape index (κ3) is 4.80. The number of primary amides is 1. The van der Waals surface area contributed by atoms with Crippen molar-refractivity contribution in [1.29, 1.82) is 0 Å². The number of carbonyl (C=O) groups excluding carboxylic acids is 1. The van der Waals surface area contributed by atoms with Gasteiger partial charge in [0.1, 0.15) is 17.2 Å². The van der Waals surface area contributed by atoms with Crippen LogP contribution in [-0.4, -0.2) is 17.4 Å². The summed E-state index contributed by atoms with van der Waals surface area (Å²) in [5.74, 6) is 0.719. The van der Waals surface area contributed by atoms with Gasteiger partial charge in [-0.05, 0) is 65.2 Å². The summed E-state index contributed by atoms with van der Waals surface area (Å²) in [6.07, 6.45) is 2.50. The first-order chi connectivity index (χ1) is 14.2. The van der Waals surface area contributed by atoms with E-state index in [9.17, 15) is 4.79 Å². The Morgan fingerprint density at radius 1 is 1.03 bits per heavy atom. The number of benzene rings is 2. The van der Waals surface area contributed by atoms with Crippen LogP contribution >= 0.6 is 11.3 Å². The summed E-state index contributed by atoms with van der Waals surface area (Å²) in [6, 6.07) is 19.7. The first kappa shape index (κ1) is 19.1. The number of hydrogen-bond donors (Lipinski definition) is 2. The molecular formula is C23H21N3O2S. The highest BCUT2D eigenvalue weighted by Crippen LogP contribution is 2.25. The Bertz CT molecular complexity index is 1110. The van der Waals surface area contributed by atoms with E-state index >= 15 is 0 Å². The molecule has 2 aromatic carbocycles. The summed E-state index contributed by atoms with van der Waals surface area (Å²) in [4.78, 5) is 15.0. The Kier molecular flexibility index (Phi) is 5.84. The lowest BCUT2D eigenvalue weighted by atomic mass is 10.1. The minimum absolute atomic E-state index is 0.217. The predicted molar refractivity (Wildman–Crippen MR) is 117 cm³/mol. The number of hydrogen-bond acceptors (Lipinski definition) is 5. The van der Waals surface area contributed by atoms with Crippen LogP contribution in [0, 0.1) is 0 Å². The van der Waals surface area contributed by atoms with Gasteiger partial charge in [-0.2, -0.15) is 0 Å². The molecule has 0 aliphatic rings. The second-order valence-electron chi connectivity index (χ2n) is 6.67. The highest BCUT2D eigenvalue weighted by molar-refractivity contribution is 7.17. The highest BCUT2D eigenvalue weighted by Gasteiger charge is 2.04. The number of nitrogens with zero attached hydrogens (tertiary/aromatic N) is 1. The van der Waals surface area contributed by atoms with Crippen molar-refractivity contribution < 1.29 is 9.53 Å². The Morgan fingerprint density at radius 2 is 1.83 bits per heavy atom. The third-order valence-electron chi connectivity index (χ3n) is 4.61. The Balaban J connectivity index is 1.26. The second-order valence-corrected chi connectivity index (χ2v) is 7.58. The molecule has 1 amide bonds. The average molecular weight is 404 g/mol. The lowest BCUT2D eigenvalue weighted by Crippen LogP contribution is -2.16. The van der Waals surface area contributed by atoms with Crippen molar-refractivity contribution in [3.8, 4) is 11.5 Å². The molecule has 0 aliphatic heterocycles. The molecule has 4 rings (SSSR count). The van der Waals surface area contributed by atoms with E-state index in [1.165, 1.54) is 27.4 Å². The van der Waals surface area contributed by atoms with Crippen molar-refractivity contribution in [1.82, 2.24) is 10.3 Å². The molecule has 29 heavy (non-hydrogen) atoms. The maximum absolute atomic E-state index is 11.1. The summed E-state index contributed by atoms with van der Waals surface area (Å²) in [5.41, 5.74) is 7.99. The molecule has 5 nitrogen and oxygen atoms in total. The van der Waals surface area contributed by atoms with Crippen LogP contribution in [0.4, 0.5) is 0 Å². The van der Waals surface area contributed by atoms with Crippen LogP contribution in [0.5, 0.6) is 11.5 Å². The van der Waals surface area contributed by atoms with E-state index in [1.54, 1.807) is 23.5 Å². The van der Waals surface area contributed by atoms with Gasteiger partial charge in [0.05, 0.1) is 6.20 Å². The highest BCUT2D eigenvalue weighted by atomic mass is 32.1. The standard InChI is InChI=1S/C23H21N3O2S/c24-23(27)21-10-9-19(14-26-21)28-18-7-5-16(6-8-18)13-25-12-11-17-15-29-22-4-2-1-3-20(17)22/h1-10,14-15,25H,11-13H2,(H2,24,27). The second kappa shape index (κ2) is 8.86. The third-order valence-corrected chi connectivity index (χ3v) is 5.62. The van der Waals surface area contributed by atoms with Crippen molar-refractivity contribution >= 4 is 27.3 Å². The topological polar surface area (TPSA) is 77.2 Å². The number of ether oxygens (including phenoxy) is 1. The summed E-state index contributed by atoms with van der Waals surface area (Å²) in [6.45, 7) is 1.73. The van der Waals surface area contributed by atoms with E-state index in [0.717, 1.165) is 19.5 Å². The number of nitrogens with two attached hydrogens (primary N) is 1. The molecule has 6 heteroatoms. The first-order valence-electron chi connectivity index (χ1n) is 9.37. The summed E-state index contributed by atoms with van der Waals surface area (Å²) >= 11 is 1.80. The molecule has 2 aromatic heterocycles. The van der Waals surface area contributed by atoms with Crippen LogP contribution in [0.2, 0.25) is 0 Å². The zero-order valence-corrected chi connectivity index (χ0v) is 16.6. The van der Waals surface area contributed by atoms with Crippen molar-refractivity contribution in [3.63, 3.8) is 0 Å². The molecule has 0 atom stereocenters. The molecule has 0 bridgehead atoms. The van der Waals surface area contributed by atoms with Crippen molar-refractivity contribution in [2.45, 2.75) is 13.0 Å².